The molecule has 0 radical (unpaired) electrons. The van der Waals surface area contributed by atoms with Gasteiger partial charge in [-0.25, -0.2) is 4.98 Å². The summed E-state index contributed by atoms with van der Waals surface area (Å²) in [5.41, 5.74) is 1.45. The van der Waals surface area contributed by atoms with Crippen LogP contribution in [0.2, 0.25) is 0 Å². The van der Waals surface area contributed by atoms with Gasteiger partial charge < -0.3 is 9.72 Å². The number of hydrogen-bond donors (Lipinski definition) is 1. The van der Waals surface area contributed by atoms with Crippen molar-refractivity contribution in [2.75, 3.05) is 7.11 Å². The largest absolute Gasteiger partial charge is 0.481 e. The smallest absolute Gasteiger partial charge is 0.427 e. The van der Waals surface area contributed by atoms with Crippen LogP contribution in [0.5, 0.6) is 5.88 Å². The number of alkyl halides is 3. The second kappa shape index (κ2) is 4.48. The lowest BCUT2D eigenvalue weighted by Gasteiger charge is -2.05. The first kappa shape index (κ1) is 12.9. The molecule has 0 saturated carbocycles. The molecule has 4 nitrogen and oxygen atoms in total. The fourth-order valence-corrected chi connectivity index (χ4v) is 2.56. The van der Waals surface area contributed by atoms with Gasteiger partial charge in [-0.05, 0) is 17.6 Å². The molecule has 0 aliphatic carbocycles. The van der Waals surface area contributed by atoms with Gasteiger partial charge in [0.2, 0.25) is 5.88 Å². The Morgan fingerprint density at radius 3 is 2.75 bits per heavy atom. The summed E-state index contributed by atoms with van der Waals surface area (Å²) in [6.07, 6.45) is -1.73. The monoisotopic (exact) mass is 299 g/mol. The van der Waals surface area contributed by atoms with Crippen molar-refractivity contribution in [1.29, 1.82) is 0 Å². The molecule has 0 atom stereocenters. The van der Waals surface area contributed by atoms with Crippen LogP contribution in [0.25, 0.3) is 22.2 Å². The predicted molar refractivity (Wildman–Crippen MR) is 68.8 cm³/mol. The van der Waals surface area contributed by atoms with E-state index in [1.165, 1.54) is 19.5 Å². The minimum absolute atomic E-state index is 0.0227. The van der Waals surface area contributed by atoms with Crippen molar-refractivity contribution in [3.8, 4) is 17.0 Å². The fraction of sp³-hybridized carbons (Fsp3) is 0.167. The number of pyridine rings is 1. The van der Waals surface area contributed by atoms with Crippen LogP contribution in [0.4, 0.5) is 13.2 Å². The van der Waals surface area contributed by atoms with E-state index in [-0.39, 0.29) is 5.56 Å². The molecule has 0 saturated heterocycles. The molecule has 3 heterocycles. The van der Waals surface area contributed by atoms with Gasteiger partial charge >= 0.3 is 6.18 Å². The number of fused-ring (bicyclic) bond motifs is 1. The van der Waals surface area contributed by atoms with Gasteiger partial charge in [0.25, 0.3) is 0 Å². The number of aromatic amines is 1. The summed E-state index contributed by atoms with van der Waals surface area (Å²) in [4.78, 5) is 6.35. The van der Waals surface area contributed by atoms with Crippen LogP contribution < -0.4 is 4.74 Å². The number of rotatable bonds is 2. The second-order valence-electron chi connectivity index (χ2n) is 4.02. The zero-order chi connectivity index (χ0) is 14.3. The first-order chi connectivity index (χ1) is 9.50. The zero-order valence-electron chi connectivity index (χ0n) is 10.2. The zero-order valence-corrected chi connectivity index (χ0v) is 11.0. The van der Waals surface area contributed by atoms with Crippen molar-refractivity contribution in [2.45, 2.75) is 6.18 Å². The van der Waals surface area contributed by atoms with E-state index in [4.69, 9.17) is 4.74 Å². The van der Waals surface area contributed by atoms with Crippen LogP contribution in [0.15, 0.2) is 24.5 Å². The topological polar surface area (TPSA) is 50.8 Å². The summed E-state index contributed by atoms with van der Waals surface area (Å²) in [5.74, 6) is 0.343. The summed E-state index contributed by atoms with van der Waals surface area (Å²) in [5, 5.41) is 0. The molecule has 0 aromatic carbocycles. The standard InChI is InChI=1S/C12H8F3N3OS/c1-19-9-3-2-8-10(18-9)6(4-16-8)7-5-17-20-11(7)12(13,14)15/h2-5,16H,1H3. The molecule has 0 fully saturated rings. The first-order valence-corrected chi connectivity index (χ1v) is 6.32. The maximum atomic E-state index is 12.9. The van der Waals surface area contributed by atoms with Gasteiger partial charge in [0.15, 0.2) is 0 Å². The molecule has 0 unspecified atom stereocenters. The Balaban J connectivity index is 2.23. The van der Waals surface area contributed by atoms with Gasteiger partial charge in [0, 0.05) is 29.6 Å². The molecular weight excluding hydrogens is 291 g/mol. The van der Waals surface area contributed by atoms with E-state index in [0.29, 0.717) is 34.0 Å². The lowest BCUT2D eigenvalue weighted by atomic mass is 10.1. The quantitative estimate of drug-likeness (QED) is 0.784. The van der Waals surface area contributed by atoms with Crippen molar-refractivity contribution in [3.05, 3.63) is 29.4 Å². The minimum atomic E-state index is -4.43. The summed E-state index contributed by atoms with van der Waals surface area (Å²) < 4.78 is 47.4. The number of halogens is 3. The van der Waals surface area contributed by atoms with E-state index >= 15 is 0 Å². The third-order valence-electron chi connectivity index (χ3n) is 2.82. The third-order valence-corrected chi connectivity index (χ3v) is 3.67. The third kappa shape index (κ3) is 2.01. The number of nitrogens with zero attached hydrogens (tertiary/aromatic N) is 2. The van der Waals surface area contributed by atoms with Crippen LogP contribution in [-0.2, 0) is 6.18 Å². The molecule has 0 aliphatic heterocycles. The van der Waals surface area contributed by atoms with Crippen LogP contribution >= 0.6 is 11.5 Å². The maximum Gasteiger partial charge on any atom is 0.427 e. The number of methoxy groups -OCH3 is 1. The van der Waals surface area contributed by atoms with Gasteiger partial charge in [0.05, 0.1) is 18.1 Å². The maximum absolute atomic E-state index is 12.9. The summed E-state index contributed by atoms with van der Waals surface area (Å²) >= 11 is 0.425. The molecule has 0 amide bonds. The highest BCUT2D eigenvalue weighted by Crippen LogP contribution is 2.41. The number of hydrogen-bond acceptors (Lipinski definition) is 4. The van der Waals surface area contributed by atoms with Crippen molar-refractivity contribution in [2.24, 2.45) is 0 Å². The normalized spacial score (nSPS) is 12.0. The summed E-state index contributed by atoms with van der Waals surface area (Å²) in [6, 6.07) is 3.34. The van der Waals surface area contributed by atoms with Crippen LogP contribution in [0.1, 0.15) is 4.88 Å². The van der Waals surface area contributed by atoms with E-state index in [1.807, 2.05) is 0 Å². The molecule has 1 N–H and O–H groups in total. The highest BCUT2D eigenvalue weighted by atomic mass is 32.1. The lowest BCUT2D eigenvalue weighted by molar-refractivity contribution is -0.133. The van der Waals surface area contributed by atoms with E-state index < -0.39 is 11.1 Å². The SMILES string of the molecule is COc1ccc2[nH]cc(-c3cnsc3C(F)(F)F)c2n1. The molecule has 20 heavy (non-hydrogen) atoms. The average molecular weight is 299 g/mol. The minimum Gasteiger partial charge on any atom is -0.481 e. The summed E-state index contributed by atoms with van der Waals surface area (Å²) in [6.45, 7) is 0. The van der Waals surface area contributed by atoms with Gasteiger partial charge in [-0.2, -0.15) is 17.5 Å². The van der Waals surface area contributed by atoms with Crippen molar-refractivity contribution in [3.63, 3.8) is 0 Å². The molecule has 8 heteroatoms. The number of nitrogens with one attached hydrogen (secondary N) is 1. The first-order valence-electron chi connectivity index (χ1n) is 5.55. The number of H-pyrrole nitrogens is 1. The van der Waals surface area contributed by atoms with E-state index in [1.54, 1.807) is 12.1 Å². The van der Waals surface area contributed by atoms with Gasteiger partial charge in [-0.3, -0.25) is 0 Å². The Kier molecular flexibility index (Phi) is 2.89. The van der Waals surface area contributed by atoms with Crippen LogP contribution in [-0.4, -0.2) is 21.5 Å². The number of aromatic nitrogens is 3. The molecule has 0 spiro atoms. The van der Waals surface area contributed by atoms with Crippen molar-refractivity contribution < 1.29 is 17.9 Å². The molecular formula is C12H8F3N3OS. The molecule has 0 bridgehead atoms. The van der Waals surface area contributed by atoms with E-state index in [2.05, 4.69) is 14.3 Å². The molecule has 3 aromatic rings. The Bertz CT molecular complexity index is 763. The van der Waals surface area contributed by atoms with Gasteiger partial charge in [-0.15, -0.1) is 0 Å². The Morgan fingerprint density at radius 2 is 2.05 bits per heavy atom. The van der Waals surface area contributed by atoms with E-state index in [0.717, 1.165) is 0 Å². The van der Waals surface area contributed by atoms with Gasteiger partial charge in [0.1, 0.15) is 4.88 Å². The highest BCUT2D eigenvalue weighted by molar-refractivity contribution is 7.06. The number of ether oxygens (including phenoxy) is 1. The van der Waals surface area contributed by atoms with Crippen LogP contribution in [0.3, 0.4) is 0 Å². The van der Waals surface area contributed by atoms with Crippen molar-refractivity contribution >= 4 is 22.6 Å². The Hall–Kier alpha value is -2.09. The van der Waals surface area contributed by atoms with Crippen molar-refractivity contribution in [1.82, 2.24) is 14.3 Å². The van der Waals surface area contributed by atoms with Gasteiger partial charge in [-0.1, -0.05) is 0 Å². The highest BCUT2D eigenvalue weighted by Gasteiger charge is 2.36. The predicted octanol–water partition coefficient (Wildman–Crippen LogP) is 3.71. The Labute approximate surface area is 115 Å². The fourth-order valence-electron chi connectivity index (χ4n) is 1.94. The summed E-state index contributed by atoms with van der Waals surface area (Å²) in [7, 11) is 1.45. The van der Waals surface area contributed by atoms with Crippen LogP contribution in [0, 0.1) is 0 Å². The molecule has 3 rings (SSSR count). The molecule has 104 valence electrons. The molecule has 3 aromatic heterocycles. The van der Waals surface area contributed by atoms with E-state index in [9.17, 15) is 13.2 Å². The second-order valence-corrected chi connectivity index (χ2v) is 4.82. The Morgan fingerprint density at radius 1 is 1.25 bits per heavy atom. The molecule has 0 aliphatic rings. The lowest BCUT2D eigenvalue weighted by Crippen LogP contribution is -2.03. The average Bonchev–Trinajstić information content (AvgIpc) is 3.02.